The van der Waals surface area contributed by atoms with E-state index in [1.165, 1.54) is 21.5 Å². The lowest BCUT2D eigenvalue weighted by atomic mass is 10.0. The number of ketones is 2. The Morgan fingerprint density at radius 1 is 0.362 bits per heavy atom. The lowest BCUT2D eigenvalue weighted by Gasteiger charge is -2.26. The van der Waals surface area contributed by atoms with Crippen molar-refractivity contribution >= 4 is 77.8 Å². The normalized spacial score (nSPS) is 12.7. The van der Waals surface area contributed by atoms with Crippen molar-refractivity contribution in [3.8, 4) is 0 Å². The van der Waals surface area contributed by atoms with E-state index in [4.69, 9.17) is 0 Å². The molecule has 0 heterocycles. The molecule has 220 valence electrons. The molecule has 1 aliphatic carbocycles. The lowest BCUT2D eigenvalue weighted by Crippen LogP contribution is -2.10. The summed E-state index contributed by atoms with van der Waals surface area (Å²) in [5, 5.41) is 8.73. The second-order valence-electron chi connectivity index (χ2n) is 12.2. The average Bonchev–Trinajstić information content (AvgIpc) is 3.34. The molecule has 0 saturated carbocycles. The van der Waals surface area contributed by atoms with E-state index in [2.05, 4.69) is 114 Å². The van der Waals surface area contributed by atoms with Gasteiger partial charge in [0.1, 0.15) is 0 Å². The van der Waals surface area contributed by atoms with E-state index < -0.39 is 0 Å². The summed E-state index contributed by atoms with van der Waals surface area (Å²) in [5.41, 5.74) is 5.10. The maximum atomic E-state index is 13.5. The topological polar surface area (TPSA) is 37.4 Å². The molecule has 3 nitrogen and oxygen atoms in total. The van der Waals surface area contributed by atoms with Gasteiger partial charge in [0.05, 0.1) is 5.57 Å². The van der Waals surface area contributed by atoms with Crippen molar-refractivity contribution in [3.05, 3.63) is 180 Å². The molecular weight excluding hydrogens is 574 g/mol. The largest absolute Gasteiger partial charge is 0.310 e. The van der Waals surface area contributed by atoms with Crippen molar-refractivity contribution in [2.45, 2.75) is 0 Å². The smallest absolute Gasteiger partial charge is 0.197 e. The van der Waals surface area contributed by atoms with E-state index in [9.17, 15) is 9.59 Å². The molecule has 9 rings (SSSR count). The molecule has 0 bridgehead atoms. The van der Waals surface area contributed by atoms with Gasteiger partial charge < -0.3 is 4.90 Å². The second-order valence-corrected chi connectivity index (χ2v) is 12.2. The van der Waals surface area contributed by atoms with Gasteiger partial charge in [0.2, 0.25) is 0 Å². The third-order valence-corrected chi connectivity index (χ3v) is 9.26. The first kappa shape index (κ1) is 27.0. The highest BCUT2D eigenvalue weighted by Crippen LogP contribution is 2.39. The number of allylic oxidation sites excluding steroid dienone is 1. The molecule has 0 radical (unpaired) electrons. The van der Waals surface area contributed by atoms with E-state index >= 15 is 0 Å². The first-order chi connectivity index (χ1) is 23.1. The molecule has 8 aromatic carbocycles. The fraction of sp³-hybridized carbons (Fsp3) is 0. The summed E-state index contributed by atoms with van der Waals surface area (Å²) in [6, 6.07) is 54.0. The maximum Gasteiger partial charge on any atom is 0.197 e. The molecule has 47 heavy (non-hydrogen) atoms. The molecule has 0 atom stereocenters. The van der Waals surface area contributed by atoms with E-state index in [1.807, 2.05) is 48.5 Å². The minimum atomic E-state index is -0.219. The van der Waals surface area contributed by atoms with Crippen LogP contribution in [-0.2, 0) is 0 Å². The summed E-state index contributed by atoms with van der Waals surface area (Å²) in [7, 11) is 0. The van der Waals surface area contributed by atoms with Crippen molar-refractivity contribution in [2.75, 3.05) is 4.90 Å². The zero-order valence-electron chi connectivity index (χ0n) is 25.4. The Labute approximate surface area is 271 Å². The maximum absolute atomic E-state index is 13.5. The summed E-state index contributed by atoms with van der Waals surface area (Å²) in [5.74, 6) is -0.438. The van der Waals surface area contributed by atoms with Crippen molar-refractivity contribution in [3.63, 3.8) is 0 Å². The summed E-state index contributed by atoms with van der Waals surface area (Å²) in [6.45, 7) is 0. The molecule has 0 N–H and O–H groups in total. The van der Waals surface area contributed by atoms with Gasteiger partial charge in [-0.25, -0.2) is 0 Å². The van der Waals surface area contributed by atoms with Crippen LogP contribution in [-0.4, -0.2) is 11.6 Å². The quantitative estimate of drug-likeness (QED) is 0.149. The molecule has 0 saturated heterocycles. The number of nitrogens with zero attached hydrogens (tertiary/aromatic N) is 1. The predicted molar refractivity (Wildman–Crippen MR) is 194 cm³/mol. The first-order valence-corrected chi connectivity index (χ1v) is 15.7. The molecule has 1 aliphatic rings. The molecule has 0 fully saturated rings. The van der Waals surface area contributed by atoms with Crippen molar-refractivity contribution in [1.82, 2.24) is 0 Å². The van der Waals surface area contributed by atoms with Gasteiger partial charge in [0, 0.05) is 28.2 Å². The van der Waals surface area contributed by atoms with Crippen LogP contribution in [0.25, 0.3) is 49.2 Å². The number of fused-ring (bicyclic) bond motifs is 5. The zero-order valence-corrected chi connectivity index (χ0v) is 25.4. The van der Waals surface area contributed by atoms with Crippen LogP contribution in [0.3, 0.4) is 0 Å². The molecule has 0 aliphatic heterocycles. The standard InChI is InChI=1S/C44H27NO2/c46-43-40-26-34-11-5-6-12-35(34)27-41(40)44(47)42(43)22-28-13-14-31-17-20-39(25-36(31)21-28)45(37-18-15-29-7-1-3-9-32(29)23-37)38-19-16-30-8-2-4-10-33(30)24-38/h1-27H. The molecular formula is C44H27NO2. The van der Waals surface area contributed by atoms with E-state index in [1.54, 1.807) is 6.08 Å². The van der Waals surface area contributed by atoms with Crippen LogP contribution in [0.1, 0.15) is 26.3 Å². The van der Waals surface area contributed by atoms with Crippen LogP contribution >= 0.6 is 0 Å². The van der Waals surface area contributed by atoms with Gasteiger partial charge in [-0.2, -0.15) is 0 Å². The summed E-state index contributed by atoms with van der Waals surface area (Å²) in [4.78, 5) is 29.2. The first-order valence-electron chi connectivity index (χ1n) is 15.7. The highest BCUT2D eigenvalue weighted by atomic mass is 16.2. The van der Waals surface area contributed by atoms with E-state index in [0.29, 0.717) is 11.1 Å². The highest BCUT2D eigenvalue weighted by molar-refractivity contribution is 6.42. The SMILES string of the molecule is O=C1C(=Cc2ccc3ccc(N(c4ccc5ccccc5c4)c4ccc5ccccc5c4)cc3c2)C(=O)c2cc3ccccc3cc21. The number of rotatable bonds is 4. The Morgan fingerprint density at radius 3 is 1.23 bits per heavy atom. The Balaban J connectivity index is 1.15. The van der Waals surface area contributed by atoms with Crippen LogP contribution < -0.4 is 4.90 Å². The van der Waals surface area contributed by atoms with Gasteiger partial charge in [0.15, 0.2) is 11.6 Å². The van der Waals surface area contributed by atoms with E-state index in [-0.39, 0.29) is 17.1 Å². The number of carbonyl (C=O) groups is 2. The number of benzene rings is 8. The Bertz CT molecular complexity index is 2490. The fourth-order valence-electron chi connectivity index (χ4n) is 6.87. The lowest BCUT2D eigenvalue weighted by molar-refractivity contribution is 0.0990. The summed E-state index contributed by atoms with van der Waals surface area (Å²) >= 11 is 0. The Morgan fingerprint density at radius 2 is 0.745 bits per heavy atom. The Hall–Kier alpha value is -6.32. The van der Waals surface area contributed by atoms with E-state index in [0.717, 1.165) is 44.2 Å². The number of hydrogen-bond acceptors (Lipinski definition) is 3. The number of hydrogen-bond donors (Lipinski definition) is 0. The number of anilines is 3. The van der Waals surface area contributed by atoms with Gasteiger partial charge in [0.25, 0.3) is 0 Å². The fourth-order valence-corrected chi connectivity index (χ4v) is 6.87. The highest BCUT2D eigenvalue weighted by Gasteiger charge is 2.33. The minimum Gasteiger partial charge on any atom is -0.310 e. The summed E-state index contributed by atoms with van der Waals surface area (Å²) in [6.07, 6.45) is 1.74. The molecule has 0 spiro atoms. The van der Waals surface area contributed by atoms with Gasteiger partial charge in [-0.15, -0.1) is 0 Å². The number of Topliss-reactive ketones (excluding diaryl/α,β-unsaturated/α-hetero) is 2. The van der Waals surface area contributed by atoms with Gasteiger partial charge >= 0.3 is 0 Å². The molecule has 0 aromatic heterocycles. The summed E-state index contributed by atoms with van der Waals surface area (Å²) < 4.78 is 0. The second kappa shape index (κ2) is 10.6. The third kappa shape index (κ3) is 4.60. The molecule has 8 aromatic rings. The Kier molecular flexibility index (Phi) is 6.12. The van der Waals surface area contributed by atoms with Gasteiger partial charge in [-0.3, -0.25) is 9.59 Å². The van der Waals surface area contributed by atoms with Crippen LogP contribution in [0.2, 0.25) is 0 Å². The monoisotopic (exact) mass is 601 g/mol. The molecule has 0 unspecified atom stereocenters. The molecule has 3 heteroatoms. The van der Waals surface area contributed by atoms with Crippen LogP contribution in [0.15, 0.2) is 163 Å². The third-order valence-electron chi connectivity index (χ3n) is 9.26. The van der Waals surface area contributed by atoms with Gasteiger partial charge in [-0.05, 0) is 109 Å². The zero-order chi connectivity index (χ0) is 31.5. The molecule has 0 amide bonds. The van der Waals surface area contributed by atoms with Crippen LogP contribution in [0.4, 0.5) is 17.1 Å². The van der Waals surface area contributed by atoms with Crippen molar-refractivity contribution in [2.24, 2.45) is 0 Å². The minimum absolute atomic E-state index is 0.208. The number of carbonyl (C=O) groups excluding carboxylic acids is 2. The van der Waals surface area contributed by atoms with Gasteiger partial charge in [-0.1, -0.05) is 103 Å². The van der Waals surface area contributed by atoms with Crippen LogP contribution in [0.5, 0.6) is 0 Å². The van der Waals surface area contributed by atoms with Crippen molar-refractivity contribution in [1.29, 1.82) is 0 Å². The predicted octanol–water partition coefficient (Wildman–Crippen LogP) is 11.2. The average molecular weight is 602 g/mol. The van der Waals surface area contributed by atoms with Crippen LogP contribution in [0, 0.1) is 0 Å². The van der Waals surface area contributed by atoms with Crippen molar-refractivity contribution < 1.29 is 9.59 Å².